The molecule has 4 nitrogen and oxygen atoms in total. The third-order valence-electron chi connectivity index (χ3n) is 4.36. The van der Waals surface area contributed by atoms with E-state index in [1.165, 1.54) is 7.11 Å². The van der Waals surface area contributed by atoms with Crippen LogP contribution in [0, 0.1) is 0 Å². The van der Waals surface area contributed by atoms with Crippen molar-refractivity contribution in [3.63, 3.8) is 0 Å². The van der Waals surface area contributed by atoms with Crippen molar-refractivity contribution in [1.82, 2.24) is 0 Å². The molecule has 3 aromatic rings. The fourth-order valence-corrected chi connectivity index (χ4v) is 3.17. The lowest BCUT2D eigenvalue weighted by atomic mass is 10.1. The monoisotopic (exact) mass is 395 g/mol. The number of hydrogen-bond donors (Lipinski definition) is 1. The zero-order valence-electron chi connectivity index (χ0n) is 15.9. The Balaban J connectivity index is 1.84. The molecule has 5 heteroatoms. The number of amides is 1. The molecule has 0 aliphatic carbocycles. The SMILES string of the molecule is CCc1ccccc1NC(=O)c1cc(Cl)c(OC)c(OCc2ccccc2)c1. The molecule has 0 fully saturated rings. The topological polar surface area (TPSA) is 47.6 Å². The van der Waals surface area contributed by atoms with Crippen LogP contribution in [-0.4, -0.2) is 13.0 Å². The van der Waals surface area contributed by atoms with E-state index in [0.717, 1.165) is 23.2 Å². The Bertz CT molecular complexity index is 957. The van der Waals surface area contributed by atoms with Gasteiger partial charge in [-0.15, -0.1) is 0 Å². The summed E-state index contributed by atoms with van der Waals surface area (Å²) in [6, 6.07) is 20.7. The highest BCUT2D eigenvalue weighted by Crippen LogP contribution is 2.37. The maximum absolute atomic E-state index is 12.8. The molecule has 0 saturated heterocycles. The smallest absolute Gasteiger partial charge is 0.255 e. The van der Waals surface area contributed by atoms with E-state index >= 15 is 0 Å². The summed E-state index contributed by atoms with van der Waals surface area (Å²) in [6.45, 7) is 2.39. The fraction of sp³-hybridized carbons (Fsp3) is 0.174. The van der Waals surface area contributed by atoms with Gasteiger partial charge in [0.25, 0.3) is 5.91 Å². The number of hydrogen-bond acceptors (Lipinski definition) is 3. The Kier molecular flexibility index (Phi) is 6.56. The van der Waals surface area contributed by atoms with Gasteiger partial charge in [-0.2, -0.15) is 0 Å². The summed E-state index contributed by atoms with van der Waals surface area (Å²) >= 11 is 6.34. The Hall–Kier alpha value is -2.98. The molecule has 144 valence electrons. The third kappa shape index (κ3) is 4.65. The van der Waals surface area contributed by atoms with Gasteiger partial charge in [-0.3, -0.25) is 4.79 Å². The molecule has 0 unspecified atom stereocenters. The molecule has 0 atom stereocenters. The Morgan fingerprint density at radius 3 is 2.46 bits per heavy atom. The van der Waals surface area contributed by atoms with Gasteiger partial charge in [0, 0.05) is 11.3 Å². The molecule has 0 heterocycles. The first kappa shape index (κ1) is 19.8. The zero-order valence-corrected chi connectivity index (χ0v) is 16.6. The van der Waals surface area contributed by atoms with Crippen molar-refractivity contribution in [2.45, 2.75) is 20.0 Å². The highest BCUT2D eigenvalue weighted by atomic mass is 35.5. The van der Waals surface area contributed by atoms with Crippen LogP contribution in [0.15, 0.2) is 66.7 Å². The van der Waals surface area contributed by atoms with Crippen LogP contribution in [-0.2, 0) is 13.0 Å². The summed E-state index contributed by atoms with van der Waals surface area (Å²) in [7, 11) is 1.52. The van der Waals surface area contributed by atoms with Crippen molar-refractivity contribution in [3.05, 3.63) is 88.4 Å². The largest absolute Gasteiger partial charge is 0.491 e. The van der Waals surface area contributed by atoms with Crippen LogP contribution in [0.5, 0.6) is 11.5 Å². The van der Waals surface area contributed by atoms with Gasteiger partial charge >= 0.3 is 0 Å². The van der Waals surface area contributed by atoms with E-state index in [9.17, 15) is 4.79 Å². The van der Waals surface area contributed by atoms with E-state index < -0.39 is 0 Å². The van der Waals surface area contributed by atoms with Crippen LogP contribution >= 0.6 is 11.6 Å². The number of aryl methyl sites for hydroxylation is 1. The van der Waals surface area contributed by atoms with Crippen LogP contribution in [0.4, 0.5) is 5.69 Å². The number of anilines is 1. The first-order chi connectivity index (χ1) is 13.6. The normalized spacial score (nSPS) is 10.4. The number of nitrogens with one attached hydrogen (secondary N) is 1. The minimum absolute atomic E-state index is 0.255. The van der Waals surface area contributed by atoms with Gasteiger partial charge in [-0.05, 0) is 35.7 Å². The van der Waals surface area contributed by atoms with Crippen LogP contribution < -0.4 is 14.8 Å². The lowest BCUT2D eigenvalue weighted by molar-refractivity contribution is 0.102. The van der Waals surface area contributed by atoms with E-state index in [-0.39, 0.29) is 5.91 Å². The van der Waals surface area contributed by atoms with E-state index in [2.05, 4.69) is 5.32 Å². The van der Waals surface area contributed by atoms with Gasteiger partial charge < -0.3 is 14.8 Å². The van der Waals surface area contributed by atoms with Gasteiger partial charge in [0.05, 0.1) is 12.1 Å². The second-order valence-corrected chi connectivity index (χ2v) is 6.64. The van der Waals surface area contributed by atoms with Crippen molar-refractivity contribution in [2.75, 3.05) is 12.4 Å². The van der Waals surface area contributed by atoms with Crippen LogP contribution in [0.3, 0.4) is 0 Å². The summed E-state index contributed by atoms with van der Waals surface area (Å²) in [5.74, 6) is 0.575. The lowest BCUT2D eigenvalue weighted by Crippen LogP contribution is -2.13. The fourth-order valence-electron chi connectivity index (χ4n) is 2.88. The summed E-state index contributed by atoms with van der Waals surface area (Å²) in [6.07, 6.45) is 0.825. The minimum Gasteiger partial charge on any atom is -0.491 e. The maximum atomic E-state index is 12.8. The summed E-state index contributed by atoms with van der Waals surface area (Å²) in [5.41, 5.74) is 3.26. The first-order valence-corrected chi connectivity index (χ1v) is 9.43. The Labute approximate surface area is 170 Å². The Morgan fingerprint density at radius 1 is 1.04 bits per heavy atom. The number of methoxy groups -OCH3 is 1. The molecule has 0 saturated carbocycles. The van der Waals surface area contributed by atoms with Gasteiger partial charge in [-0.25, -0.2) is 0 Å². The van der Waals surface area contributed by atoms with Gasteiger partial charge in [0.2, 0.25) is 0 Å². The molecule has 3 rings (SSSR count). The third-order valence-corrected chi connectivity index (χ3v) is 4.64. The predicted molar refractivity (Wildman–Crippen MR) is 113 cm³/mol. The molecule has 0 spiro atoms. The highest BCUT2D eigenvalue weighted by molar-refractivity contribution is 6.32. The zero-order chi connectivity index (χ0) is 19.9. The number of halogens is 1. The van der Waals surface area contributed by atoms with Crippen molar-refractivity contribution >= 4 is 23.2 Å². The van der Waals surface area contributed by atoms with Crippen LogP contribution in [0.25, 0.3) is 0 Å². The molecule has 0 aliphatic rings. The number of para-hydroxylation sites is 1. The molecule has 0 bridgehead atoms. The molecule has 1 N–H and O–H groups in total. The summed E-state index contributed by atoms with van der Waals surface area (Å²) in [4.78, 5) is 12.8. The number of carbonyl (C=O) groups is 1. The Morgan fingerprint density at radius 2 is 1.75 bits per heavy atom. The number of carbonyl (C=O) groups excluding carboxylic acids is 1. The number of benzene rings is 3. The molecular formula is C23H22ClNO3. The van der Waals surface area contributed by atoms with Gasteiger partial charge in [0.1, 0.15) is 6.61 Å². The molecule has 0 aliphatic heterocycles. The molecule has 1 amide bonds. The average molecular weight is 396 g/mol. The second kappa shape index (κ2) is 9.29. The average Bonchev–Trinajstić information content (AvgIpc) is 2.73. The van der Waals surface area contributed by atoms with Crippen LogP contribution in [0.2, 0.25) is 5.02 Å². The molecule has 0 aromatic heterocycles. The van der Waals surface area contributed by atoms with Gasteiger partial charge in [-0.1, -0.05) is 67.1 Å². The highest BCUT2D eigenvalue weighted by Gasteiger charge is 2.17. The number of rotatable bonds is 7. The second-order valence-electron chi connectivity index (χ2n) is 6.23. The molecule has 3 aromatic carbocycles. The van der Waals surface area contributed by atoms with E-state index in [0.29, 0.717) is 28.7 Å². The quantitative estimate of drug-likeness (QED) is 0.554. The lowest BCUT2D eigenvalue weighted by Gasteiger charge is -2.15. The van der Waals surface area contributed by atoms with Crippen molar-refractivity contribution in [3.8, 4) is 11.5 Å². The van der Waals surface area contributed by atoms with E-state index in [1.54, 1.807) is 12.1 Å². The molecule has 28 heavy (non-hydrogen) atoms. The van der Waals surface area contributed by atoms with Crippen molar-refractivity contribution in [2.24, 2.45) is 0 Å². The minimum atomic E-state index is -0.255. The summed E-state index contributed by atoms with van der Waals surface area (Å²) < 4.78 is 11.3. The summed E-state index contributed by atoms with van der Waals surface area (Å²) in [5, 5.41) is 3.27. The molecular weight excluding hydrogens is 374 g/mol. The van der Waals surface area contributed by atoms with E-state index in [4.69, 9.17) is 21.1 Å². The maximum Gasteiger partial charge on any atom is 0.255 e. The van der Waals surface area contributed by atoms with E-state index in [1.807, 2.05) is 61.5 Å². The molecule has 0 radical (unpaired) electrons. The predicted octanol–water partition coefficient (Wildman–Crippen LogP) is 5.74. The van der Waals surface area contributed by atoms with Gasteiger partial charge in [0.15, 0.2) is 11.5 Å². The first-order valence-electron chi connectivity index (χ1n) is 9.06. The van der Waals surface area contributed by atoms with Crippen molar-refractivity contribution in [1.29, 1.82) is 0 Å². The standard InChI is InChI=1S/C23H22ClNO3/c1-3-17-11-7-8-12-20(17)25-23(26)18-13-19(24)22(27-2)21(14-18)28-15-16-9-5-4-6-10-16/h4-14H,3,15H2,1-2H3,(H,25,26). The van der Waals surface area contributed by atoms with Crippen LogP contribution in [0.1, 0.15) is 28.4 Å². The number of ether oxygens (including phenoxy) is 2. The van der Waals surface area contributed by atoms with Crippen molar-refractivity contribution < 1.29 is 14.3 Å².